The molecule has 1 aliphatic heterocycles. The van der Waals surface area contributed by atoms with Crippen LogP contribution in [0.1, 0.15) is 22.8 Å². The van der Waals surface area contributed by atoms with E-state index in [-0.39, 0.29) is 10.8 Å². The van der Waals surface area contributed by atoms with Crippen LogP contribution in [0.3, 0.4) is 0 Å². The minimum absolute atomic E-state index is 0.250. The quantitative estimate of drug-likeness (QED) is 0.633. The van der Waals surface area contributed by atoms with Crippen LogP contribution in [0.4, 0.5) is 11.4 Å². The predicted octanol–water partition coefficient (Wildman–Crippen LogP) is 5.10. The van der Waals surface area contributed by atoms with E-state index in [1.54, 1.807) is 67.6 Å². The van der Waals surface area contributed by atoms with Crippen molar-refractivity contribution in [3.63, 3.8) is 0 Å². The number of nitrogens with zero attached hydrogens (tertiary/aromatic N) is 1. The van der Waals surface area contributed by atoms with Crippen molar-refractivity contribution in [1.29, 1.82) is 0 Å². The summed E-state index contributed by atoms with van der Waals surface area (Å²) in [6.45, 7) is 3.97. The Kier molecular flexibility index (Phi) is 4.84. The maximum atomic E-state index is 13.0. The third-order valence-electron chi connectivity index (χ3n) is 5.00. The second-order valence-electron chi connectivity index (χ2n) is 6.81. The molecule has 0 radical (unpaired) electrons. The SMILES string of the molecule is CCN1c2ccc(C(=O)Nc3ccc(Cl)cc3C)cc2-c2ccccc2S1(=O)=O. The molecule has 0 spiro atoms. The Morgan fingerprint density at radius 1 is 1.03 bits per heavy atom. The molecule has 5 nitrogen and oxygen atoms in total. The summed E-state index contributed by atoms with van der Waals surface area (Å²) in [5, 5.41) is 3.50. The number of sulfonamides is 1. The molecule has 1 amide bonds. The molecule has 7 heteroatoms. The Morgan fingerprint density at radius 3 is 2.52 bits per heavy atom. The minimum atomic E-state index is -3.62. The number of aryl methyl sites for hydroxylation is 1. The zero-order valence-corrected chi connectivity index (χ0v) is 17.5. The Bertz CT molecular complexity index is 1240. The van der Waals surface area contributed by atoms with Gasteiger partial charge < -0.3 is 5.32 Å². The summed E-state index contributed by atoms with van der Waals surface area (Å²) < 4.78 is 27.3. The number of amides is 1. The Morgan fingerprint density at radius 2 is 1.79 bits per heavy atom. The van der Waals surface area contributed by atoms with E-state index in [1.807, 2.05) is 6.92 Å². The molecule has 148 valence electrons. The van der Waals surface area contributed by atoms with Crippen LogP contribution >= 0.6 is 11.6 Å². The standard InChI is InChI=1S/C22H19ClN2O3S/c1-3-25-20-11-8-15(22(26)24-19-10-9-16(23)12-14(19)2)13-18(20)17-6-4-5-7-21(17)29(25,27)28/h4-13H,3H2,1-2H3,(H,24,26). The number of nitrogens with one attached hydrogen (secondary N) is 1. The zero-order chi connectivity index (χ0) is 20.8. The highest BCUT2D eigenvalue weighted by Gasteiger charge is 2.34. The maximum absolute atomic E-state index is 13.0. The largest absolute Gasteiger partial charge is 0.322 e. The van der Waals surface area contributed by atoms with Crippen LogP contribution in [-0.4, -0.2) is 20.9 Å². The molecule has 0 aliphatic carbocycles. The van der Waals surface area contributed by atoms with Gasteiger partial charge >= 0.3 is 0 Å². The van der Waals surface area contributed by atoms with Gasteiger partial charge in [0.1, 0.15) is 0 Å². The topological polar surface area (TPSA) is 66.5 Å². The van der Waals surface area contributed by atoms with Crippen molar-refractivity contribution < 1.29 is 13.2 Å². The van der Waals surface area contributed by atoms with Crippen molar-refractivity contribution >= 4 is 38.9 Å². The van der Waals surface area contributed by atoms with Gasteiger partial charge in [-0.25, -0.2) is 8.42 Å². The highest BCUT2D eigenvalue weighted by molar-refractivity contribution is 7.93. The van der Waals surface area contributed by atoms with Crippen LogP contribution < -0.4 is 9.62 Å². The molecule has 0 saturated carbocycles. The molecule has 1 heterocycles. The van der Waals surface area contributed by atoms with Gasteiger partial charge in [-0.15, -0.1) is 0 Å². The van der Waals surface area contributed by atoms with Crippen LogP contribution in [0.15, 0.2) is 65.6 Å². The zero-order valence-electron chi connectivity index (χ0n) is 15.9. The first-order valence-electron chi connectivity index (χ1n) is 9.16. The van der Waals surface area contributed by atoms with E-state index in [9.17, 15) is 13.2 Å². The summed E-state index contributed by atoms with van der Waals surface area (Å²) in [7, 11) is -3.62. The smallest absolute Gasteiger partial charge is 0.264 e. The fraction of sp³-hybridized carbons (Fsp3) is 0.136. The van der Waals surface area contributed by atoms with Crippen LogP contribution in [0, 0.1) is 6.92 Å². The van der Waals surface area contributed by atoms with Gasteiger partial charge in [0.2, 0.25) is 0 Å². The molecule has 0 atom stereocenters. The lowest BCUT2D eigenvalue weighted by Gasteiger charge is -2.31. The fourth-order valence-corrected chi connectivity index (χ4v) is 5.50. The third kappa shape index (κ3) is 3.28. The third-order valence-corrected chi connectivity index (χ3v) is 7.18. The molecule has 3 aromatic carbocycles. The van der Waals surface area contributed by atoms with Crippen LogP contribution in [0.25, 0.3) is 11.1 Å². The number of hydrogen-bond donors (Lipinski definition) is 1. The highest BCUT2D eigenvalue weighted by atomic mass is 35.5. The highest BCUT2D eigenvalue weighted by Crippen LogP contribution is 2.43. The summed E-state index contributed by atoms with van der Waals surface area (Å²) >= 11 is 5.98. The predicted molar refractivity (Wildman–Crippen MR) is 116 cm³/mol. The van der Waals surface area contributed by atoms with Crippen molar-refractivity contribution in [3.8, 4) is 11.1 Å². The Hall–Kier alpha value is -2.83. The van der Waals surface area contributed by atoms with Crippen molar-refractivity contribution in [3.05, 3.63) is 76.8 Å². The van der Waals surface area contributed by atoms with Gasteiger partial charge in [-0.3, -0.25) is 9.10 Å². The number of anilines is 2. The number of halogens is 1. The van der Waals surface area contributed by atoms with E-state index < -0.39 is 10.0 Å². The normalized spacial score (nSPS) is 14.1. The Balaban J connectivity index is 1.78. The van der Waals surface area contributed by atoms with E-state index in [0.717, 1.165) is 11.1 Å². The lowest BCUT2D eigenvalue weighted by Crippen LogP contribution is -2.34. The van der Waals surface area contributed by atoms with Crippen LogP contribution in [-0.2, 0) is 10.0 Å². The fourth-order valence-electron chi connectivity index (χ4n) is 3.57. The molecule has 0 fully saturated rings. The van der Waals surface area contributed by atoms with Gasteiger partial charge in [0.25, 0.3) is 15.9 Å². The number of carbonyl (C=O) groups excluding carboxylic acids is 1. The Labute approximate surface area is 175 Å². The summed E-state index contributed by atoms with van der Waals surface area (Å²) in [4.78, 5) is 13.1. The lowest BCUT2D eigenvalue weighted by atomic mass is 10.00. The molecule has 0 aromatic heterocycles. The molecule has 0 unspecified atom stereocenters. The van der Waals surface area contributed by atoms with E-state index in [0.29, 0.717) is 34.1 Å². The summed E-state index contributed by atoms with van der Waals surface area (Å²) in [6, 6.07) is 17.2. The van der Waals surface area contributed by atoms with Crippen LogP contribution in [0.5, 0.6) is 0 Å². The number of fused-ring (bicyclic) bond motifs is 3. The average Bonchev–Trinajstić information content (AvgIpc) is 2.70. The number of carbonyl (C=O) groups is 1. The molecular weight excluding hydrogens is 408 g/mol. The van der Waals surface area contributed by atoms with E-state index in [4.69, 9.17) is 11.6 Å². The second kappa shape index (κ2) is 7.21. The number of hydrogen-bond acceptors (Lipinski definition) is 3. The molecule has 29 heavy (non-hydrogen) atoms. The number of rotatable bonds is 3. The summed E-state index contributed by atoms with van der Waals surface area (Å²) in [5.41, 5.74) is 3.88. The van der Waals surface area contributed by atoms with Gasteiger partial charge in [-0.2, -0.15) is 0 Å². The van der Waals surface area contributed by atoms with Crippen molar-refractivity contribution in [2.75, 3.05) is 16.2 Å². The van der Waals surface area contributed by atoms with Crippen molar-refractivity contribution in [2.24, 2.45) is 0 Å². The molecule has 1 N–H and O–H groups in total. The molecule has 0 saturated heterocycles. The first-order chi connectivity index (χ1) is 13.8. The van der Waals surface area contributed by atoms with Gasteiger partial charge in [0, 0.05) is 33.9 Å². The lowest BCUT2D eigenvalue weighted by molar-refractivity contribution is 0.102. The van der Waals surface area contributed by atoms with Crippen molar-refractivity contribution in [1.82, 2.24) is 0 Å². The minimum Gasteiger partial charge on any atom is -0.322 e. The average molecular weight is 427 g/mol. The first-order valence-corrected chi connectivity index (χ1v) is 11.0. The summed E-state index contributed by atoms with van der Waals surface area (Å²) in [6.07, 6.45) is 0. The molecule has 1 aliphatic rings. The first kappa shape index (κ1) is 19.5. The van der Waals surface area contributed by atoms with E-state index in [1.165, 1.54) is 4.31 Å². The van der Waals surface area contributed by atoms with Gasteiger partial charge in [0.15, 0.2) is 0 Å². The van der Waals surface area contributed by atoms with Crippen LogP contribution in [0.2, 0.25) is 5.02 Å². The maximum Gasteiger partial charge on any atom is 0.264 e. The molecular formula is C22H19ClN2O3S. The molecule has 3 aromatic rings. The molecule has 0 bridgehead atoms. The summed E-state index contributed by atoms with van der Waals surface area (Å²) in [5.74, 6) is -0.271. The van der Waals surface area contributed by atoms with Crippen molar-refractivity contribution in [2.45, 2.75) is 18.7 Å². The monoisotopic (exact) mass is 426 g/mol. The molecule has 4 rings (SSSR count). The van der Waals surface area contributed by atoms with E-state index in [2.05, 4.69) is 5.32 Å². The second-order valence-corrected chi connectivity index (χ2v) is 9.08. The van der Waals surface area contributed by atoms with E-state index >= 15 is 0 Å². The van der Waals surface area contributed by atoms with Gasteiger partial charge in [0.05, 0.1) is 10.6 Å². The number of benzene rings is 3. The van der Waals surface area contributed by atoms with Gasteiger partial charge in [-0.1, -0.05) is 29.8 Å². The van der Waals surface area contributed by atoms with Gasteiger partial charge in [-0.05, 0) is 61.9 Å².